The summed E-state index contributed by atoms with van der Waals surface area (Å²) < 4.78 is 0. The molecule has 0 spiro atoms. The smallest absolute Gasteiger partial charge is 0.0274 e. The predicted molar refractivity (Wildman–Crippen MR) is 74.2 cm³/mol. The van der Waals surface area contributed by atoms with Gasteiger partial charge in [-0.1, -0.05) is 20.8 Å². The summed E-state index contributed by atoms with van der Waals surface area (Å²) in [6, 6.07) is 2.38. The van der Waals surface area contributed by atoms with Crippen LogP contribution in [0.15, 0.2) is 0 Å². The van der Waals surface area contributed by atoms with Crippen LogP contribution in [0.4, 0.5) is 0 Å². The molecule has 0 radical (unpaired) electrons. The molecule has 100 valence electrons. The zero-order chi connectivity index (χ0) is 12.4. The first-order valence-corrected chi connectivity index (χ1v) is 7.58. The van der Waals surface area contributed by atoms with Crippen LogP contribution in [0.2, 0.25) is 0 Å². The van der Waals surface area contributed by atoms with Crippen LogP contribution in [-0.4, -0.2) is 36.6 Å². The van der Waals surface area contributed by atoms with Crippen molar-refractivity contribution in [3.05, 3.63) is 0 Å². The average Bonchev–Trinajstić information content (AvgIpc) is 3.08. The molecule has 2 rings (SSSR count). The molecule has 4 atom stereocenters. The summed E-state index contributed by atoms with van der Waals surface area (Å²) >= 11 is 0. The van der Waals surface area contributed by atoms with Crippen LogP contribution in [0.1, 0.15) is 52.9 Å². The van der Waals surface area contributed by atoms with E-state index in [9.17, 15) is 0 Å². The lowest BCUT2D eigenvalue weighted by atomic mass is 9.76. The summed E-state index contributed by atoms with van der Waals surface area (Å²) in [5.41, 5.74) is 0. The van der Waals surface area contributed by atoms with Gasteiger partial charge in [0.1, 0.15) is 0 Å². The molecule has 17 heavy (non-hydrogen) atoms. The van der Waals surface area contributed by atoms with E-state index < -0.39 is 0 Å². The van der Waals surface area contributed by atoms with Crippen LogP contribution in [0, 0.1) is 11.8 Å². The van der Waals surface area contributed by atoms with Gasteiger partial charge in [0.25, 0.3) is 0 Å². The molecule has 2 heteroatoms. The third kappa shape index (κ3) is 3.23. The minimum absolute atomic E-state index is 0.722. The fourth-order valence-corrected chi connectivity index (χ4v) is 3.78. The Balaban J connectivity index is 2.00. The van der Waals surface area contributed by atoms with Crippen molar-refractivity contribution in [2.24, 2.45) is 11.8 Å². The number of nitrogens with zero attached hydrogens (tertiary/aromatic N) is 1. The molecule has 2 fully saturated rings. The maximum atomic E-state index is 3.80. The van der Waals surface area contributed by atoms with Crippen molar-refractivity contribution in [3.8, 4) is 0 Å². The normalized spacial score (nSPS) is 38.6. The van der Waals surface area contributed by atoms with Crippen LogP contribution in [-0.2, 0) is 0 Å². The van der Waals surface area contributed by atoms with E-state index in [2.05, 4.69) is 38.0 Å². The summed E-state index contributed by atoms with van der Waals surface area (Å²) in [7, 11) is 2.36. The first-order chi connectivity index (χ1) is 8.13. The van der Waals surface area contributed by atoms with Gasteiger partial charge in [0.2, 0.25) is 0 Å². The lowest BCUT2D eigenvalue weighted by Gasteiger charge is -2.45. The minimum Gasteiger partial charge on any atom is -0.312 e. The highest BCUT2D eigenvalue weighted by molar-refractivity contribution is 4.97. The molecule has 0 saturated heterocycles. The van der Waals surface area contributed by atoms with Crippen LogP contribution in [0.3, 0.4) is 0 Å². The zero-order valence-electron chi connectivity index (χ0n) is 12.1. The molecule has 0 amide bonds. The average molecular weight is 238 g/mol. The lowest BCUT2D eigenvalue weighted by Crippen LogP contribution is -2.56. The number of rotatable bonds is 5. The van der Waals surface area contributed by atoms with E-state index in [0.717, 1.165) is 30.0 Å². The van der Waals surface area contributed by atoms with E-state index in [1.165, 1.54) is 38.6 Å². The van der Waals surface area contributed by atoms with E-state index in [0.29, 0.717) is 0 Å². The van der Waals surface area contributed by atoms with Crippen LogP contribution in [0.5, 0.6) is 0 Å². The molecule has 0 bridgehead atoms. The Bertz CT molecular complexity index is 237. The fraction of sp³-hybridized carbons (Fsp3) is 1.00. The highest BCUT2D eigenvalue weighted by Gasteiger charge is 2.40. The van der Waals surface area contributed by atoms with Crippen molar-refractivity contribution < 1.29 is 0 Å². The lowest BCUT2D eigenvalue weighted by molar-refractivity contribution is 0.0750. The van der Waals surface area contributed by atoms with Gasteiger partial charge in [0, 0.05) is 18.1 Å². The minimum atomic E-state index is 0.722. The van der Waals surface area contributed by atoms with Gasteiger partial charge in [-0.05, 0) is 57.5 Å². The topological polar surface area (TPSA) is 15.3 Å². The van der Waals surface area contributed by atoms with Crippen molar-refractivity contribution in [2.75, 3.05) is 13.6 Å². The molecule has 0 aromatic heterocycles. The number of nitrogens with one attached hydrogen (secondary N) is 1. The molecular weight excluding hydrogens is 208 g/mol. The predicted octanol–water partition coefficient (Wildman–Crippen LogP) is 2.88. The molecule has 2 nitrogen and oxygen atoms in total. The maximum absolute atomic E-state index is 3.80. The molecule has 0 aromatic carbocycles. The SMILES string of the molecule is CCCNC1CC(C)CC(C)C1N(C)C1CC1. The summed E-state index contributed by atoms with van der Waals surface area (Å²) in [4.78, 5) is 2.68. The van der Waals surface area contributed by atoms with Gasteiger partial charge >= 0.3 is 0 Å². The van der Waals surface area contributed by atoms with Gasteiger partial charge in [-0.3, -0.25) is 4.90 Å². The molecule has 0 heterocycles. The Morgan fingerprint density at radius 2 is 1.88 bits per heavy atom. The highest BCUT2D eigenvalue weighted by atomic mass is 15.2. The van der Waals surface area contributed by atoms with Crippen molar-refractivity contribution in [2.45, 2.75) is 71.0 Å². The number of hydrogen-bond donors (Lipinski definition) is 1. The van der Waals surface area contributed by atoms with Crippen LogP contribution >= 0.6 is 0 Å². The van der Waals surface area contributed by atoms with Crippen molar-refractivity contribution in [1.29, 1.82) is 0 Å². The monoisotopic (exact) mass is 238 g/mol. The second kappa shape index (κ2) is 5.71. The molecule has 0 aromatic rings. The largest absolute Gasteiger partial charge is 0.312 e. The van der Waals surface area contributed by atoms with Gasteiger partial charge in [0.15, 0.2) is 0 Å². The van der Waals surface area contributed by atoms with Crippen LogP contribution < -0.4 is 5.32 Å². The Morgan fingerprint density at radius 3 is 2.47 bits per heavy atom. The Morgan fingerprint density at radius 1 is 1.18 bits per heavy atom. The van der Waals surface area contributed by atoms with E-state index >= 15 is 0 Å². The van der Waals surface area contributed by atoms with Crippen molar-refractivity contribution >= 4 is 0 Å². The Kier molecular flexibility index (Phi) is 4.48. The van der Waals surface area contributed by atoms with E-state index in [1.807, 2.05) is 0 Å². The van der Waals surface area contributed by atoms with Gasteiger partial charge in [-0.15, -0.1) is 0 Å². The molecule has 2 aliphatic carbocycles. The van der Waals surface area contributed by atoms with Gasteiger partial charge in [0.05, 0.1) is 0 Å². The highest BCUT2D eigenvalue weighted by Crippen LogP contribution is 2.37. The standard InChI is InChI=1S/C15H30N2/c1-5-8-16-14-10-11(2)9-12(3)15(14)17(4)13-6-7-13/h11-16H,5-10H2,1-4H3. The summed E-state index contributed by atoms with van der Waals surface area (Å²) in [6.45, 7) is 8.33. The second-order valence-corrected chi connectivity index (χ2v) is 6.50. The quantitative estimate of drug-likeness (QED) is 0.792. The Hall–Kier alpha value is -0.0800. The summed E-state index contributed by atoms with van der Waals surface area (Å²) in [6.07, 6.45) is 6.88. The molecule has 0 aliphatic heterocycles. The van der Waals surface area contributed by atoms with E-state index in [1.54, 1.807) is 0 Å². The van der Waals surface area contributed by atoms with Crippen molar-refractivity contribution in [3.63, 3.8) is 0 Å². The molecular formula is C15H30N2. The third-order valence-corrected chi connectivity index (χ3v) is 4.68. The summed E-state index contributed by atoms with van der Waals surface area (Å²) in [5.74, 6) is 1.74. The second-order valence-electron chi connectivity index (χ2n) is 6.50. The molecule has 4 unspecified atom stereocenters. The molecule has 1 N–H and O–H groups in total. The van der Waals surface area contributed by atoms with Gasteiger partial charge < -0.3 is 5.32 Å². The Labute approximate surface area is 107 Å². The summed E-state index contributed by atoms with van der Waals surface area (Å²) in [5, 5.41) is 3.80. The number of hydrogen-bond acceptors (Lipinski definition) is 2. The van der Waals surface area contributed by atoms with Gasteiger partial charge in [-0.2, -0.15) is 0 Å². The maximum Gasteiger partial charge on any atom is 0.0274 e. The zero-order valence-corrected chi connectivity index (χ0v) is 12.1. The van der Waals surface area contributed by atoms with Gasteiger partial charge in [-0.25, -0.2) is 0 Å². The van der Waals surface area contributed by atoms with E-state index in [-0.39, 0.29) is 0 Å². The number of likely N-dealkylation sites (N-methyl/N-ethyl adjacent to an activating group) is 1. The van der Waals surface area contributed by atoms with Crippen molar-refractivity contribution in [1.82, 2.24) is 10.2 Å². The van der Waals surface area contributed by atoms with E-state index in [4.69, 9.17) is 0 Å². The molecule has 2 aliphatic rings. The fourth-order valence-electron chi connectivity index (χ4n) is 3.78. The first kappa shape index (κ1) is 13.4. The first-order valence-electron chi connectivity index (χ1n) is 7.58. The molecule has 2 saturated carbocycles. The van der Waals surface area contributed by atoms with Crippen LogP contribution in [0.25, 0.3) is 0 Å². The third-order valence-electron chi connectivity index (χ3n) is 4.68.